The number of anilines is 1. The Hall–Kier alpha value is -1.72. The average molecular weight is 272 g/mol. The molecule has 1 aromatic rings. The van der Waals surface area contributed by atoms with Gasteiger partial charge in [-0.25, -0.2) is 4.39 Å². The van der Waals surface area contributed by atoms with Gasteiger partial charge in [-0.3, -0.25) is 10.1 Å². The molecular formula is C13H18F2N2O2. The Morgan fingerprint density at radius 2 is 2.00 bits per heavy atom. The fourth-order valence-electron chi connectivity index (χ4n) is 1.79. The van der Waals surface area contributed by atoms with Gasteiger partial charge in [0.2, 0.25) is 5.82 Å². The van der Waals surface area contributed by atoms with E-state index in [0.717, 1.165) is 25.3 Å². The van der Waals surface area contributed by atoms with Crippen LogP contribution in [0.1, 0.15) is 33.1 Å². The lowest BCUT2D eigenvalue weighted by Crippen LogP contribution is -2.06. The molecule has 0 radical (unpaired) electrons. The highest BCUT2D eigenvalue weighted by molar-refractivity contribution is 5.62. The lowest BCUT2D eigenvalue weighted by atomic mass is 10.1. The fourth-order valence-corrected chi connectivity index (χ4v) is 1.79. The lowest BCUT2D eigenvalue weighted by Gasteiger charge is -2.08. The van der Waals surface area contributed by atoms with Crippen molar-refractivity contribution >= 4 is 11.4 Å². The quantitative estimate of drug-likeness (QED) is 0.461. The summed E-state index contributed by atoms with van der Waals surface area (Å²) in [6, 6.07) is 1.46. The van der Waals surface area contributed by atoms with Crippen molar-refractivity contribution in [3.63, 3.8) is 0 Å². The van der Waals surface area contributed by atoms with Crippen molar-refractivity contribution in [1.82, 2.24) is 0 Å². The number of nitro benzene ring substituents is 1. The number of halogens is 2. The van der Waals surface area contributed by atoms with Gasteiger partial charge in [-0.1, -0.05) is 26.7 Å². The largest absolute Gasteiger partial charge is 0.379 e. The summed E-state index contributed by atoms with van der Waals surface area (Å²) < 4.78 is 26.4. The van der Waals surface area contributed by atoms with Crippen LogP contribution in [0.5, 0.6) is 0 Å². The Morgan fingerprint density at radius 3 is 2.58 bits per heavy atom. The number of benzene rings is 1. The number of nitrogens with zero attached hydrogens (tertiary/aromatic N) is 1. The number of hydrogen-bond acceptors (Lipinski definition) is 3. The molecule has 0 saturated heterocycles. The van der Waals surface area contributed by atoms with Gasteiger partial charge in [0, 0.05) is 18.7 Å². The first kappa shape index (κ1) is 15.3. The minimum absolute atomic E-state index is 0.105. The zero-order valence-corrected chi connectivity index (χ0v) is 11.1. The molecule has 1 aromatic carbocycles. The molecule has 0 bridgehead atoms. The van der Waals surface area contributed by atoms with Gasteiger partial charge >= 0.3 is 5.69 Å². The predicted octanol–water partition coefficient (Wildman–Crippen LogP) is 4.11. The summed E-state index contributed by atoms with van der Waals surface area (Å²) in [5, 5.41) is 13.5. The number of nitro groups is 1. The van der Waals surface area contributed by atoms with Crippen LogP contribution in [0, 0.1) is 27.7 Å². The van der Waals surface area contributed by atoms with E-state index in [2.05, 4.69) is 19.2 Å². The van der Waals surface area contributed by atoms with Gasteiger partial charge in [0.25, 0.3) is 0 Å². The fraction of sp³-hybridized carbons (Fsp3) is 0.538. The Balaban J connectivity index is 2.64. The van der Waals surface area contributed by atoms with Crippen LogP contribution in [0.3, 0.4) is 0 Å². The van der Waals surface area contributed by atoms with Crippen molar-refractivity contribution in [3.05, 3.63) is 33.9 Å². The van der Waals surface area contributed by atoms with Crippen molar-refractivity contribution in [2.75, 3.05) is 11.9 Å². The number of hydrogen-bond donors (Lipinski definition) is 1. The first-order valence-corrected chi connectivity index (χ1v) is 6.29. The van der Waals surface area contributed by atoms with E-state index in [1.54, 1.807) is 0 Å². The molecule has 4 nitrogen and oxygen atoms in total. The monoisotopic (exact) mass is 272 g/mol. The second-order valence-electron chi connectivity index (χ2n) is 4.86. The van der Waals surface area contributed by atoms with Crippen LogP contribution < -0.4 is 5.32 Å². The summed E-state index contributed by atoms with van der Waals surface area (Å²) in [7, 11) is 0. The maximum Gasteiger partial charge on any atom is 0.327 e. The molecule has 0 saturated carbocycles. The molecule has 106 valence electrons. The first-order chi connectivity index (χ1) is 8.91. The molecule has 0 aromatic heterocycles. The lowest BCUT2D eigenvalue weighted by molar-refractivity contribution is -0.386. The van der Waals surface area contributed by atoms with Gasteiger partial charge in [-0.05, 0) is 12.3 Å². The maximum absolute atomic E-state index is 13.3. The Bertz CT molecular complexity index is 451. The van der Waals surface area contributed by atoms with Gasteiger partial charge < -0.3 is 5.32 Å². The number of unbranched alkanes of at least 4 members (excludes halogenated alkanes) is 1. The Labute approximate surface area is 111 Å². The van der Waals surface area contributed by atoms with Crippen LogP contribution >= 0.6 is 0 Å². The van der Waals surface area contributed by atoms with E-state index >= 15 is 0 Å². The SMILES string of the molecule is CC(C)CCCCNc1cc(F)cc(F)c1[N+](=O)[O-]. The van der Waals surface area contributed by atoms with Crippen LogP contribution in [0.2, 0.25) is 0 Å². The molecule has 1 rings (SSSR count). The van der Waals surface area contributed by atoms with Gasteiger partial charge in [-0.2, -0.15) is 4.39 Å². The summed E-state index contributed by atoms with van der Waals surface area (Å²) in [6.07, 6.45) is 2.82. The van der Waals surface area contributed by atoms with E-state index in [-0.39, 0.29) is 5.69 Å². The van der Waals surface area contributed by atoms with Crippen LogP contribution in [0.25, 0.3) is 0 Å². The number of nitrogens with one attached hydrogen (secondary N) is 1. The predicted molar refractivity (Wildman–Crippen MR) is 70.2 cm³/mol. The van der Waals surface area contributed by atoms with E-state index in [9.17, 15) is 18.9 Å². The van der Waals surface area contributed by atoms with Crippen molar-refractivity contribution in [2.24, 2.45) is 5.92 Å². The van der Waals surface area contributed by atoms with Crippen LogP contribution in [-0.2, 0) is 0 Å². The first-order valence-electron chi connectivity index (χ1n) is 6.29. The van der Waals surface area contributed by atoms with Crippen LogP contribution in [0.4, 0.5) is 20.2 Å². The average Bonchev–Trinajstić information content (AvgIpc) is 2.26. The van der Waals surface area contributed by atoms with E-state index in [1.807, 2.05) is 0 Å². The standard InChI is InChI=1S/C13H18F2N2O2/c1-9(2)5-3-4-6-16-12-8-10(14)7-11(15)13(12)17(18)19/h7-9,16H,3-6H2,1-2H3. The molecule has 6 heteroatoms. The third-order valence-corrected chi connectivity index (χ3v) is 2.73. The summed E-state index contributed by atoms with van der Waals surface area (Å²) >= 11 is 0. The van der Waals surface area contributed by atoms with Crippen molar-refractivity contribution in [2.45, 2.75) is 33.1 Å². The molecule has 0 fully saturated rings. The molecule has 1 N–H and O–H groups in total. The van der Waals surface area contributed by atoms with E-state index in [1.165, 1.54) is 0 Å². The summed E-state index contributed by atoms with van der Waals surface area (Å²) in [4.78, 5) is 9.89. The normalized spacial score (nSPS) is 10.8. The maximum atomic E-state index is 13.3. The minimum Gasteiger partial charge on any atom is -0.379 e. The highest BCUT2D eigenvalue weighted by atomic mass is 19.1. The van der Waals surface area contributed by atoms with Crippen molar-refractivity contribution in [3.8, 4) is 0 Å². The molecular weight excluding hydrogens is 254 g/mol. The summed E-state index contributed by atoms with van der Waals surface area (Å²) in [6.45, 7) is 4.68. The highest BCUT2D eigenvalue weighted by Crippen LogP contribution is 2.28. The van der Waals surface area contributed by atoms with Gasteiger partial charge in [0.1, 0.15) is 11.5 Å². The summed E-state index contributed by atoms with van der Waals surface area (Å²) in [5.41, 5.74) is -0.808. The molecule has 0 aliphatic carbocycles. The van der Waals surface area contributed by atoms with Gasteiger partial charge in [0.15, 0.2) is 0 Å². The summed E-state index contributed by atoms with van der Waals surface area (Å²) in [5.74, 6) is -1.39. The zero-order chi connectivity index (χ0) is 14.4. The molecule has 0 aliphatic heterocycles. The molecule has 0 heterocycles. The second kappa shape index (κ2) is 7.01. The third kappa shape index (κ3) is 4.81. The van der Waals surface area contributed by atoms with E-state index in [4.69, 9.17) is 0 Å². The van der Waals surface area contributed by atoms with E-state index < -0.39 is 22.2 Å². The van der Waals surface area contributed by atoms with Crippen molar-refractivity contribution in [1.29, 1.82) is 0 Å². The Kier molecular flexibility index (Phi) is 5.66. The molecule has 0 atom stereocenters. The van der Waals surface area contributed by atoms with Crippen molar-refractivity contribution < 1.29 is 13.7 Å². The zero-order valence-electron chi connectivity index (χ0n) is 11.1. The minimum atomic E-state index is -1.16. The third-order valence-electron chi connectivity index (χ3n) is 2.73. The molecule has 0 aliphatic rings. The van der Waals surface area contributed by atoms with E-state index in [0.29, 0.717) is 18.5 Å². The molecule has 0 spiro atoms. The second-order valence-corrected chi connectivity index (χ2v) is 4.86. The van der Waals surface area contributed by atoms with Crippen LogP contribution in [-0.4, -0.2) is 11.5 Å². The number of rotatable bonds is 7. The molecule has 0 amide bonds. The Morgan fingerprint density at radius 1 is 1.32 bits per heavy atom. The van der Waals surface area contributed by atoms with Crippen LogP contribution in [0.15, 0.2) is 12.1 Å². The van der Waals surface area contributed by atoms with Gasteiger partial charge in [0.05, 0.1) is 4.92 Å². The van der Waals surface area contributed by atoms with Gasteiger partial charge in [-0.15, -0.1) is 0 Å². The topological polar surface area (TPSA) is 55.2 Å². The molecule has 0 unspecified atom stereocenters. The highest BCUT2D eigenvalue weighted by Gasteiger charge is 2.21. The smallest absolute Gasteiger partial charge is 0.327 e. The molecule has 19 heavy (non-hydrogen) atoms.